The molecule has 3 nitrogen and oxygen atoms in total. The Morgan fingerprint density at radius 1 is 1.09 bits per heavy atom. The van der Waals surface area contributed by atoms with Gasteiger partial charge in [0.15, 0.2) is 5.11 Å². The van der Waals surface area contributed by atoms with Crippen molar-refractivity contribution in [2.45, 2.75) is 12.8 Å². The Morgan fingerprint density at radius 3 is 2.32 bits per heavy atom. The number of nitrogens with two attached hydrogens (primary N) is 1. The number of hydrazone groups is 1. The van der Waals surface area contributed by atoms with Gasteiger partial charge in [0.2, 0.25) is 0 Å². The zero-order chi connectivity index (χ0) is 15.9. The van der Waals surface area contributed by atoms with E-state index in [2.05, 4.69) is 22.7 Å². The van der Waals surface area contributed by atoms with Crippen molar-refractivity contribution in [1.82, 2.24) is 5.43 Å². The molecule has 0 spiro atoms. The van der Waals surface area contributed by atoms with E-state index in [-0.39, 0.29) is 5.11 Å². The Balaban J connectivity index is 2.22. The van der Waals surface area contributed by atoms with Crippen LogP contribution in [0.4, 0.5) is 0 Å². The largest absolute Gasteiger partial charge is 0.375 e. The Morgan fingerprint density at radius 2 is 1.73 bits per heavy atom. The van der Waals surface area contributed by atoms with Crippen LogP contribution >= 0.6 is 35.4 Å². The number of hydrogen-bond acceptors (Lipinski definition) is 2. The van der Waals surface area contributed by atoms with Crippen molar-refractivity contribution < 1.29 is 0 Å². The topological polar surface area (TPSA) is 50.4 Å². The van der Waals surface area contributed by atoms with Crippen molar-refractivity contribution in [1.29, 1.82) is 0 Å². The number of nitrogens with zero attached hydrogens (tertiary/aromatic N) is 1. The lowest BCUT2D eigenvalue weighted by molar-refractivity contribution is 0.974. The van der Waals surface area contributed by atoms with Gasteiger partial charge in [0.1, 0.15) is 0 Å². The Labute approximate surface area is 145 Å². The number of benzene rings is 2. The summed E-state index contributed by atoms with van der Waals surface area (Å²) in [5.74, 6) is 0. The van der Waals surface area contributed by atoms with E-state index in [0.29, 0.717) is 16.5 Å². The van der Waals surface area contributed by atoms with E-state index < -0.39 is 0 Å². The second-order valence-electron chi connectivity index (χ2n) is 4.68. The number of rotatable bonds is 5. The fraction of sp³-hybridized carbons (Fsp3) is 0.125. The zero-order valence-corrected chi connectivity index (χ0v) is 14.1. The molecule has 0 saturated carbocycles. The van der Waals surface area contributed by atoms with Crippen LogP contribution < -0.4 is 11.2 Å². The van der Waals surface area contributed by atoms with Crippen molar-refractivity contribution in [2.75, 3.05) is 0 Å². The fourth-order valence-corrected chi connectivity index (χ4v) is 2.59. The highest BCUT2D eigenvalue weighted by Gasteiger charge is 2.08. The van der Waals surface area contributed by atoms with Crippen LogP contribution in [0.15, 0.2) is 53.6 Å². The first kappa shape index (κ1) is 16.7. The molecule has 0 fully saturated rings. The van der Waals surface area contributed by atoms with Crippen molar-refractivity contribution in [3.05, 3.63) is 69.7 Å². The third-order valence-electron chi connectivity index (χ3n) is 2.99. The molecule has 6 heteroatoms. The molecule has 0 saturated heterocycles. The van der Waals surface area contributed by atoms with Gasteiger partial charge in [0.05, 0.1) is 5.71 Å². The molecule has 0 aliphatic carbocycles. The number of halogens is 2. The molecule has 114 valence electrons. The predicted molar refractivity (Wildman–Crippen MR) is 97.7 cm³/mol. The lowest BCUT2D eigenvalue weighted by Gasteiger charge is -2.09. The lowest BCUT2D eigenvalue weighted by atomic mass is 10.0. The van der Waals surface area contributed by atoms with Crippen molar-refractivity contribution in [3.63, 3.8) is 0 Å². The standard InChI is InChI=1S/C16H15Cl2N3S/c17-13-8-12(9-14(18)10-13)15(20-21-16(19)22)7-6-11-4-2-1-3-5-11/h1-5,8-10H,6-7H2,(H3,19,21,22)/b20-15+. The van der Waals surface area contributed by atoms with Crippen LogP contribution in [0.25, 0.3) is 0 Å². The summed E-state index contributed by atoms with van der Waals surface area (Å²) in [5, 5.41) is 5.51. The molecule has 0 heterocycles. The van der Waals surface area contributed by atoms with E-state index in [4.69, 9.17) is 41.2 Å². The van der Waals surface area contributed by atoms with E-state index in [9.17, 15) is 0 Å². The minimum absolute atomic E-state index is 0.116. The molecule has 2 aromatic rings. The van der Waals surface area contributed by atoms with Gasteiger partial charge in [-0.15, -0.1) is 0 Å². The Kier molecular flexibility index (Phi) is 6.19. The normalized spacial score (nSPS) is 11.3. The average molecular weight is 352 g/mol. The Hall–Kier alpha value is -1.62. The number of hydrogen-bond donors (Lipinski definition) is 2. The quantitative estimate of drug-likeness (QED) is 0.483. The maximum atomic E-state index is 6.06. The first-order valence-electron chi connectivity index (χ1n) is 6.67. The summed E-state index contributed by atoms with van der Waals surface area (Å²) in [6, 6.07) is 15.5. The molecule has 0 radical (unpaired) electrons. The monoisotopic (exact) mass is 351 g/mol. The second kappa shape index (κ2) is 8.13. The highest BCUT2D eigenvalue weighted by atomic mass is 35.5. The smallest absolute Gasteiger partial charge is 0.184 e. The van der Waals surface area contributed by atoms with Crippen LogP contribution in [0.5, 0.6) is 0 Å². The molecule has 0 bridgehead atoms. The number of thiocarbonyl (C=S) groups is 1. The Bertz CT molecular complexity index is 667. The van der Waals surface area contributed by atoms with Crippen LogP contribution in [0, 0.1) is 0 Å². The van der Waals surface area contributed by atoms with Crippen molar-refractivity contribution >= 4 is 46.2 Å². The molecule has 22 heavy (non-hydrogen) atoms. The maximum absolute atomic E-state index is 6.06. The molecule has 0 amide bonds. The van der Waals surface area contributed by atoms with Gasteiger partial charge in [-0.3, -0.25) is 5.43 Å². The van der Waals surface area contributed by atoms with Gasteiger partial charge in [-0.1, -0.05) is 53.5 Å². The van der Waals surface area contributed by atoms with E-state index in [1.54, 1.807) is 6.07 Å². The van der Waals surface area contributed by atoms with Gasteiger partial charge < -0.3 is 5.73 Å². The summed E-state index contributed by atoms with van der Waals surface area (Å²) in [5.41, 5.74) is 10.9. The van der Waals surface area contributed by atoms with Crippen LogP contribution in [0.2, 0.25) is 10.0 Å². The highest BCUT2D eigenvalue weighted by molar-refractivity contribution is 7.80. The number of aryl methyl sites for hydroxylation is 1. The van der Waals surface area contributed by atoms with Crippen molar-refractivity contribution in [2.24, 2.45) is 10.8 Å². The van der Waals surface area contributed by atoms with Gasteiger partial charge in [-0.2, -0.15) is 5.10 Å². The summed E-state index contributed by atoms with van der Waals surface area (Å²) in [6.45, 7) is 0. The van der Waals surface area contributed by atoms with Crippen molar-refractivity contribution in [3.8, 4) is 0 Å². The molecule has 0 aliphatic heterocycles. The van der Waals surface area contributed by atoms with E-state index in [1.807, 2.05) is 30.3 Å². The third-order valence-corrected chi connectivity index (χ3v) is 3.52. The van der Waals surface area contributed by atoms with Gasteiger partial charge in [-0.05, 0) is 48.8 Å². The van der Waals surface area contributed by atoms with E-state index in [0.717, 1.165) is 17.7 Å². The first-order valence-corrected chi connectivity index (χ1v) is 7.83. The van der Waals surface area contributed by atoms with Gasteiger partial charge in [0.25, 0.3) is 0 Å². The fourth-order valence-electron chi connectivity index (χ4n) is 2.02. The number of nitrogens with one attached hydrogen (secondary N) is 1. The molecule has 0 unspecified atom stereocenters. The second-order valence-corrected chi connectivity index (χ2v) is 5.99. The molecule has 2 rings (SSSR count). The minimum Gasteiger partial charge on any atom is -0.375 e. The molecule has 0 atom stereocenters. The zero-order valence-electron chi connectivity index (χ0n) is 11.7. The molecule has 0 aliphatic rings. The molecular formula is C16H15Cl2N3S. The summed E-state index contributed by atoms with van der Waals surface area (Å²) in [7, 11) is 0. The van der Waals surface area contributed by atoms with E-state index >= 15 is 0 Å². The molecular weight excluding hydrogens is 337 g/mol. The van der Waals surface area contributed by atoms with Gasteiger partial charge >= 0.3 is 0 Å². The maximum Gasteiger partial charge on any atom is 0.184 e. The van der Waals surface area contributed by atoms with Gasteiger partial charge in [-0.25, -0.2) is 0 Å². The summed E-state index contributed by atoms with van der Waals surface area (Å²) in [6.07, 6.45) is 1.54. The SMILES string of the molecule is NC(=S)N/N=C(\CCc1ccccc1)c1cc(Cl)cc(Cl)c1. The highest BCUT2D eigenvalue weighted by Crippen LogP contribution is 2.21. The third kappa shape index (κ3) is 5.30. The first-order chi connectivity index (χ1) is 10.5. The van der Waals surface area contributed by atoms with Crippen LogP contribution in [-0.4, -0.2) is 10.8 Å². The van der Waals surface area contributed by atoms with Crippen LogP contribution in [-0.2, 0) is 6.42 Å². The summed E-state index contributed by atoms with van der Waals surface area (Å²) < 4.78 is 0. The average Bonchev–Trinajstić information content (AvgIpc) is 2.47. The van der Waals surface area contributed by atoms with E-state index in [1.165, 1.54) is 5.56 Å². The summed E-state index contributed by atoms with van der Waals surface area (Å²) >= 11 is 16.9. The van der Waals surface area contributed by atoms with Crippen LogP contribution in [0.1, 0.15) is 17.5 Å². The molecule has 3 N–H and O–H groups in total. The summed E-state index contributed by atoms with van der Waals surface area (Å²) in [4.78, 5) is 0. The molecule has 0 aromatic heterocycles. The predicted octanol–water partition coefficient (Wildman–Crippen LogP) is 4.16. The van der Waals surface area contributed by atoms with Crippen LogP contribution in [0.3, 0.4) is 0 Å². The molecule has 2 aromatic carbocycles. The van der Waals surface area contributed by atoms with Gasteiger partial charge in [0, 0.05) is 15.6 Å². The lowest BCUT2D eigenvalue weighted by Crippen LogP contribution is -2.25. The minimum atomic E-state index is 0.116.